The summed E-state index contributed by atoms with van der Waals surface area (Å²) in [5, 5.41) is 40.9. The lowest BCUT2D eigenvalue weighted by molar-refractivity contribution is -0.387. The first-order chi connectivity index (χ1) is 12.1. The molecule has 0 unspecified atom stereocenters. The number of nitrogens with zero attached hydrogens (tertiary/aromatic N) is 4. The van der Waals surface area contributed by atoms with E-state index in [0.29, 0.717) is 15.5 Å². The third-order valence-electron chi connectivity index (χ3n) is 3.01. The predicted octanol–water partition coefficient (Wildman–Crippen LogP) is 3.98. The van der Waals surface area contributed by atoms with E-state index in [2.05, 4.69) is 5.32 Å². The smallest absolute Gasteiger partial charge is 0.283 e. The van der Waals surface area contributed by atoms with Gasteiger partial charge in [0.05, 0.1) is 15.5 Å². The van der Waals surface area contributed by atoms with E-state index in [9.17, 15) is 10.1 Å². The number of benzene rings is 2. The maximum Gasteiger partial charge on any atom is 0.283 e. The molecule has 0 saturated heterocycles. The van der Waals surface area contributed by atoms with E-state index < -0.39 is 4.92 Å². The average molecular weight is 347 g/mol. The fourth-order valence-electron chi connectivity index (χ4n) is 1.89. The molecule has 2 aromatic carbocycles. The van der Waals surface area contributed by atoms with Crippen molar-refractivity contribution >= 4 is 23.1 Å². The number of anilines is 1. The molecule has 7 nitrogen and oxygen atoms in total. The molecule has 0 bridgehead atoms. The summed E-state index contributed by atoms with van der Waals surface area (Å²) in [6.45, 7) is 0. The first-order valence-corrected chi connectivity index (χ1v) is 7.64. The van der Waals surface area contributed by atoms with Crippen LogP contribution in [0.4, 0.5) is 11.4 Å². The molecule has 8 heteroatoms. The average Bonchev–Trinajstić information content (AvgIpc) is 2.63. The highest BCUT2D eigenvalue weighted by Crippen LogP contribution is 2.38. The Labute approximate surface area is 147 Å². The zero-order valence-corrected chi connectivity index (χ0v) is 13.4. The lowest BCUT2D eigenvalue weighted by Crippen LogP contribution is -2.01. The van der Waals surface area contributed by atoms with Crippen LogP contribution in [0.3, 0.4) is 0 Å². The van der Waals surface area contributed by atoms with Gasteiger partial charge < -0.3 is 5.32 Å². The zero-order chi connectivity index (χ0) is 18.2. The first kappa shape index (κ1) is 17.6. The Morgan fingerprint density at radius 3 is 2.16 bits per heavy atom. The molecule has 0 heterocycles. The third kappa shape index (κ3) is 4.14. The van der Waals surface area contributed by atoms with Crippen LogP contribution < -0.4 is 5.32 Å². The maximum atomic E-state index is 11.1. The molecule has 2 rings (SSSR count). The minimum atomic E-state index is -0.470. The van der Waals surface area contributed by atoms with Crippen LogP contribution in [0.25, 0.3) is 0 Å². The minimum absolute atomic E-state index is 0.0342. The Bertz CT molecular complexity index is 964. The van der Waals surface area contributed by atoms with Crippen molar-refractivity contribution in [3.05, 3.63) is 69.9 Å². The first-order valence-electron chi connectivity index (χ1n) is 6.82. The van der Waals surface area contributed by atoms with Gasteiger partial charge >= 0.3 is 0 Å². The van der Waals surface area contributed by atoms with Crippen molar-refractivity contribution in [2.75, 3.05) is 5.32 Å². The van der Waals surface area contributed by atoms with E-state index in [1.165, 1.54) is 6.07 Å². The maximum absolute atomic E-state index is 11.1. The lowest BCUT2D eigenvalue weighted by atomic mass is 10.2. The lowest BCUT2D eigenvalue weighted by Gasteiger charge is -2.11. The second-order valence-electron chi connectivity index (χ2n) is 4.53. The monoisotopic (exact) mass is 347 g/mol. The van der Waals surface area contributed by atoms with E-state index in [0.717, 1.165) is 11.8 Å². The molecule has 1 N–H and O–H groups in total. The van der Waals surface area contributed by atoms with Gasteiger partial charge in [-0.05, 0) is 18.2 Å². The van der Waals surface area contributed by atoms with Gasteiger partial charge in [-0.2, -0.15) is 15.8 Å². The normalized spacial score (nSPS) is 9.16. The number of nitro groups is 1. The van der Waals surface area contributed by atoms with E-state index in [4.69, 9.17) is 15.8 Å². The number of para-hydroxylation sites is 2. The SMILES string of the molecule is N#CC(C#N)=C(C#N)Nc1ccccc1Sc1ccccc1[N+](=O)[O-]. The van der Waals surface area contributed by atoms with Crippen LogP contribution in [-0.4, -0.2) is 4.92 Å². The van der Waals surface area contributed by atoms with Crippen LogP contribution in [0.2, 0.25) is 0 Å². The Morgan fingerprint density at radius 2 is 1.56 bits per heavy atom. The van der Waals surface area contributed by atoms with Crippen molar-refractivity contribution < 1.29 is 4.92 Å². The molecule has 0 aliphatic carbocycles. The Hall–Kier alpha value is -3.80. The molecule has 0 amide bonds. The fourth-order valence-corrected chi connectivity index (χ4v) is 2.90. The molecule has 2 aromatic rings. The number of nitrogens with one attached hydrogen (secondary N) is 1. The summed E-state index contributed by atoms with van der Waals surface area (Å²) in [5.41, 5.74) is -0.0908. The van der Waals surface area contributed by atoms with E-state index in [1.54, 1.807) is 60.7 Å². The largest absolute Gasteiger partial charge is 0.344 e. The molecule has 0 spiro atoms. The molecule has 0 fully saturated rings. The summed E-state index contributed by atoms with van der Waals surface area (Å²) < 4.78 is 0. The van der Waals surface area contributed by atoms with Crippen molar-refractivity contribution in [2.45, 2.75) is 9.79 Å². The van der Waals surface area contributed by atoms with Gasteiger partial charge in [0.1, 0.15) is 23.9 Å². The number of allylic oxidation sites excluding steroid dienone is 2. The summed E-state index contributed by atoms with van der Waals surface area (Å²) in [5.74, 6) is 0. The van der Waals surface area contributed by atoms with Gasteiger partial charge in [-0.3, -0.25) is 10.1 Å². The van der Waals surface area contributed by atoms with E-state index in [-0.39, 0.29) is 17.0 Å². The standard InChI is InChI=1S/C17H9N5O2S/c18-9-12(10-19)14(11-20)21-13-5-1-3-7-16(13)25-17-8-4-2-6-15(17)22(23)24/h1-8,21H. The fraction of sp³-hybridized carbons (Fsp3) is 0. The second kappa shape index (κ2) is 8.16. The van der Waals surface area contributed by atoms with Crippen LogP contribution in [0.15, 0.2) is 69.6 Å². The highest BCUT2D eigenvalue weighted by Gasteiger charge is 2.16. The molecule has 25 heavy (non-hydrogen) atoms. The van der Waals surface area contributed by atoms with Crippen molar-refractivity contribution in [3.8, 4) is 18.2 Å². The van der Waals surface area contributed by atoms with Crippen molar-refractivity contribution in [1.82, 2.24) is 0 Å². The van der Waals surface area contributed by atoms with E-state index >= 15 is 0 Å². The third-order valence-corrected chi connectivity index (χ3v) is 4.16. The number of nitro benzene ring substituents is 1. The Balaban J connectivity index is 2.43. The second-order valence-corrected chi connectivity index (χ2v) is 5.62. The predicted molar refractivity (Wildman–Crippen MR) is 91.1 cm³/mol. The molecule has 0 atom stereocenters. The van der Waals surface area contributed by atoms with Gasteiger partial charge in [-0.25, -0.2) is 0 Å². The van der Waals surface area contributed by atoms with Crippen LogP contribution in [0.1, 0.15) is 0 Å². The quantitative estimate of drug-likeness (QED) is 0.492. The summed E-state index contributed by atoms with van der Waals surface area (Å²) >= 11 is 1.15. The van der Waals surface area contributed by atoms with Crippen molar-refractivity contribution in [2.24, 2.45) is 0 Å². The van der Waals surface area contributed by atoms with Gasteiger partial charge in [-0.1, -0.05) is 36.0 Å². The van der Waals surface area contributed by atoms with Gasteiger partial charge in [0.25, 0.3) is 5.69 Å². The summed E-state index contributed by atoms with van der Waals surface area (Å²) in [6, 6.07) is 18.2. The van der Waals surface area contributed by atoms with Crippen molar-refractivity contribution in [1.29, 1.82) is 15.8 Å². The molecular formula is C17H9N5O2S. The highest BCUT2D eigenvalue weighted by atomic mass is 32.2. The van der Waals surface area contributed by atoms with Crippen LogP contribution >= 0.6 is 11.8 Å². The van der Waals surface area contributed by atoms with E-state index in [1.807, 2.05) is 0 Å². The molecule has 0 radical (unpaired) electrons. The van der Waals surface area contributed by atoms with Gasteiger partial charge in [0.15, 0.2) is 5.57 Å². The minimum Gasteiger partial charge on any atom is -0.344 e. The molecule has 120 valence electrons. The summed E-state index contributed by atoms with van der Waals surface area (Å²) in [6.07, 6.45) is 0. The molecule has 0 aliphatic rings. The Kier molecular flexibility index (Phi) is 5.73. The number of nitriles is 3. The molecule has 0 aliphatic heterocycles. The number of hydrogen-bond donors (Lipinski definition) is 1. The molecule has 0 aromatic heterocycles. The van der Waals surface area contributed by atoms with Gasteiger partial charge in [0, 0.05) is 11.0 Å². The molecule has 0 saturated carbocycles. The highest BCUT2D eigenvalue weighted by molar-refractivity contribution is 7.99. The van der Waals surface area contributed by atoms with Gasteiger partial charge in [0.2, 0.25) is 0 Å². The van der Waals surface area contributed by atoms with Crippen molar-refractivity contribution in [3.63, 3.8) is 0 Å². The topological polar surface area (TPSA) is 127 Å². The Morgan fingerprint density at radius 1 is 0.960 bits per heavy atom. The zero-order valence-electron chi connectivity index (χ0n) is 12.6. The van der Waals surface area contributed by atoms with Crippen LogP contribution in [0.5, 0.6) is 0 Å². The number of rotatable bonds is 5. The summed E-state index contributed by atoms with van der Waals surface area (Å²) in [7, 11) is 0. The summed E-state index contributed by atoms with van der Waals surface area (Å²) in [4.78, 5) is 11.7. The molecular weight excluding hydrogens is 338 g/mol. The number of hydrogen-bond acceptors (Lipinski definition) is 7. The van der Waals surface area contributed by atoms with Gasteiger partial charge in [-0.15, -0.1) is 0 Å². The van der Waals surface area contributed by atoms with Crippen LogP contribution in [0, 0.1) is 44.1 Å². The van der Waals surface area contributed by atoms with Crippen LogP contribution in [-0.2, 0) is 0 Å².